The molecule has 1 aliphatic carbocycles. The van der Waals surface area contributed by atoms with Crippen LogP contribution in [0.2, 0.25) is 0 Å². The van der Waals surface area contributed by atoms with Crippen LogP contribution in [0, 0.1) is 5.92 Å². The highest BCUT2D eigenvalue weighted by Crippen LogP contribution is 2.59. The molecule has 1 amide bonds. The number of likely N-dealkylation sites (N-methyl/N-ethyl adjacent to an activating group) is 1. The zero-order chi connectivity index (χ0) is 21.5. The summed E-state index contributed by atoms with van der Waals surface area (Å²) in [6.45, 7) is 11.7. The molecular weight excluding hydrogens is 384 g/mol. The Morgan fingerprint density at radius 1 is 1.33 bits per heavy atom. The lowest BCUT2D eigenvalue weighted by molar-refractivity contribution is -0.125. The number of methoxy groups -OCH3 is 1. The van der Waals surface area contributed by atoms with E-state index < -0.39 is 0 Å². The number of nitrogens with one attached hydrogen (secondary N) is 1. The van der Waals surface area contributed by atoms with Crippen LogP contribution in [0.15, 0.2) is 11.6 Å². The molecule has 7 nitrogen and oxygen atoms in total. The molecule has 3 saturated heterocycles. The Morgan fingerprint density at radius 3 is 2.67 bits per heavy atom. The molecule has 4 aliphatic rings. The Bertz CT molecular complexity index is 675. The highest BCUT2D eigenvalue weighted by atomic mass is 16.6. The lowest BCUT2D eigenvalue weighted by Gasteiger charge is -2.45. The molecule has 1 N–H and O–H groups in total. The van der Waals surface area contributed by atoms with Gasteiger partial charge in [0.1, 0.15) is 23.4 Å². The molecule has 0 bridgehead atoms. The molecule has 7 heteroatoms. The third-order valence-electron chi connectivity index (χ3n) is 7.50. The molecule has 0 aromatic heterocycles. The molecule has 1 unspecified atom stereocenters. The number of allylic oxidation sites excluding steroid dienone is 1. The first kappa shape index (κ1) is 22.1. The summed E-state index contributed by atoms with van der Waals surface area (Å²) in [7, 11) is 1.72. The molecule has 4 fully saturated rings. The van der Waals surface area contributed by atoms with Crippen molar-refractivity contribution in [3.63, 3.8) is 0 Å². The topological polar surface area (TPSA) is 75.9 Å². The van der Waals surface area contributed by atoms with Crippen LogP contribution in [0.25, 0.3) is 0 Å². The first-order valence-corrected chi connectivity index (χ1v) is 11.5. The Balaban J connectivity index is 1.43. The van der Waals surface area contributed by atoms with Crippen LogP contribution in [-0.2, 0) is 18.9 Å². The Kier molecular flexibility index (Phi) is 6.19. The van der Waals surface area contributed by atoms with Crippen molar-refractivity contribution >= 4 is 6.09 Å². The molecule has 0 aromatic carbocycles. The van der Waals surface area contributed by atoms with E-state index in [2.05, 4.69) is 39.1 Å². The molecule has 30 heavy (non-hydrogen) atoms. The normalized spacial score (nSPS) is 41.9. The number of hydrogen-bond donors (Lipinski definition) is 1. The van der Waals surface area contributed by atoms with Gasteiger partial charge in [0, 0.05) is 26.2 Å². The first-order valence-electron chi connectivity index (χ1n) is 11.5. The Labute approximate surface area is 180 Å². The first-order chi connectivity index (χ1) is 14.3. The van der Waals surface area contributed by atoms with E-state index in [4.69, 9.17) is 18.9 Å². The quantitative estimate of drug-likeness (QED) is 0.479. The predicted octanol–water partition coefficient (Wildman–Crippen LogP) is 2.88. The molecule has 3 aliphatic heterocycles. The van der Waals surface area contributed by atoms with Crippen molar-refractivity contribution in [3.8, 4) is 0 Å². The van der Waals surface area contributed by atoms with Crippen LogP contribution in [0.1, 0.15) is 53.4 Å². The zero-order valence-electron chi connectivity index (χ0n) is 19.1. The average Bonchev–Trinajstić information content (AvgIpc) is 3.58. The largest absolute Gasteiger partial charge is 0.443 e. The summed E-state index contributed by atoms with van der Waals surface area (Å²) in [4.78, 5) is 14.7. The number of carbonyl (C=O) groups is 1. The summed E-state index contributed by atoms with van der Waals surface area (Å²) in [6, 6.07) is 0.230. The molecular formula is C23H38N2O5. The monoisotopic (exact) mass is 422 g/mol. The van der Waals surface area contributed by atoms with Gasteiger partial charge in [-0.15, -0.1) is 0 Å². The van der Waals surface area contributed by atoms with Crippen LogP contribution in [0.3, 0.4) is 0 Å². The third kappa shape index (κ3) is 4.01. The van der Waals surface area contributed by atoms with Crippen molar-refractivity contribution in [2.75, 3.05) is 33.4 Å². The number of amides is 1. The minimum absolute atomic E-state index is 0.0612. The van der Waals surface area contributed by atoms with Crippen molar-refractivity contribution in [1.82, 2.24) is 10.2 Å². The summed E-state index contributed by atoms with van der Waals surface area (Å²) in [6.07, 6.45) is 5.24. The number of nitrogens with zero attached hydrogens (tertiary/aromatic N) is 1. The summed E-state index contributed by atoms with van der Waals surface area (Å²) in [5.74, 6) is 0.0612. The second-order valence-electron chi connectivity index (χ2n) is 9.74. The van der Waals surface area contributed by atoms with Crippen molar-refractivity contribution in [2.24, 2.45) is 5.92 Å². The van der Waals surface area contributed by atoms with Crippen molar-refractivity contribution < 1.29 is 23.7 Å². The molecule has 1 spiro atoms. The van der Waals surface area contributed by atoms with E-state index >= 15 is 0 Å². The van der Waals surface area contributed by atoms with Crippen LogP contribution < -0.4 is 5.32 Å². The number of rotatable bonds is 8. The van der Waals surface area contributed by atoms with Crippen LogP contribution in [0.5, 0.6) is 0 Å². The van der Waals surface area contributed by atoms with E-state index in [0.717, 1.165) is 51.9 Å². The Morgan fingerprint density at radius 2 is 2.10 bits per heavy atom. The molecule has 0 radical (unpaired) electrons. The maximum Gasteiger partial charge on any atom is 0.410 e. The van der Waals surface area contributed by atoms with Crippen LogP contribution in [-0.4, -0.2) is 79.9 Å². The van der Waals surface area contributed by atoms with Gasteiger partial charge in [0.15, 0.2) is 0 Å². The van der Waals surface area contributed by atoms with Crippen LogP contribution >= 0.6 is 0 Å². The second kappa shape index (κ2) is 8.41. The van der Waals surface area contributed by atoms with E-state index in [1.165, 1.54) is 5.57 Å². The molecule has 3 heterocycles. The van der Waals surface area contributed by atoms with E-state index in [1.807, 2.05) is 4.90 Å². The maximum absolute atomic E-state index is 12.9. The number of likely N-dealkylation sites (tertiary alicyclic amines) is 1. The third-order valence-corrected chi connectivity index (χ3v) is 7.50. The van der Waals surface area contributed by atoms with Gasteiger partial charge in [0.2, 0.25) is 0 Å². The average molecular weight is 423 g/mol. The molecule has 0 aromatic rings. The smallest absolute Gasteiger partial charge is 0.410 e. The van der Waals surface area contributed by atoms with Crippen molar-refractivity contribution in [1.29, 1.82) is 0 Å². The SMILES string of the molecule is CCNC[C@@H]1CCN1C(=O)O[C@@H]1CC[C@]2(CO2)C([C@@]2(C)O[C@@H]2CC=C(C)C)[C@@H]1OC. The van der Waals surface area contributed by atoms with Gasteiger partial charge in [0.25, 0.3) is 0 Å². The number of epoxide rings is 2. The standard InChI is InChI=1S/C23H38N2O5/c1-6-24-13-16-10-12-25(16)21(26)29-17-9-11-23(14-28-23)20(19(17)27-5)22(4)18(30-22)8-7-15(2)3/h7,16-20,24H,6,8-14H2,1-5H3/t16-,17+,18+,19+,20?,22-,23-/m0/s1. The van der Waals surface area contributed by atoms with Gasteiger partial charge in [-0.05, 0) is 53.0 Å². The van der Waals surface area contributed by atoms with Gasteiger partial charge >= 0.3 is 6.09 Å². The minimum Gasteiger partial charge on any atom is -0.443 e. The maximum atomic E-state index is 12.9. The Hall–Kier alpha value is -1.15. The number of hydrogen-bond acceptors (Lipinski definition) is 6. The van der Waals surface area contributed by atoms with Crippen molar-refractivity contribution in [3.05, 3.63) is 11.6 Å². The summed E-state index contributed by atoms with van der Waals surface area (Å²) in [5.41, 5.74) is 0.798. The fourth-order valence-electron chi connectivity index (χ4n) is 5.47. The summed E-state index contributed by atoms with van der Waals surface area (Å²) < 4.78 is 24.2. The second-order valence-corrected chi connectivity index (χ2v) is 9.74. The van der Waals surface area contributed by atoms with E-state index in [9.17, 15) is 4.79 Å². The number of carbonyl (C=O) groups excluding carboxylic acids is 1. The highest BCUT2D eigenvalue weighted by molar-refractivity contribution is 5.69. The van der Waals surface area contributed by atoms with Crippen LogP contribution in [0.4, 0.5) is 4.79 Å². The van der Waals surface area contributed by atoms with E-state index in [0.29, 0.717) is 0 Å². The van der Waals surface area contributed by atoms with Gasteiger partial charge in [-0.3, -0.25) is 0 Å². The van der Waals surface area contributed by atoms with Gasteiger partial charge < -0.3 is 29.2 Å². The van der Waals surface area contributed by atoms with E-state index in [-0.39, 0.29) is 47.6 Å². The fourth-order valence-corrected chi connectivity index (χ4v) is 5.47. The lowest BCUT2D eigenvalue weighted by atomic mass is 9.68. The summed E-state index contributed by atoms with van der Waals surface area (Å²) in [5, 5.41) is 3.33. The molecule has 7 atom stereocenters. The van der Waals surface area contributed by atoms with Crippen molar-refractivity contribution in [2.45, 2.75) is 88.9 Å². The van der Waals surface area contributed by atoms with Gasteiger partial charge in [0.05, 0.1) is 18.6 Å². The fraction of sp³-hybridized carbons (Fsp3) is 0.870. The summed E-state index contributed by atoms with van der Waals surface area (Å²) >= 11 is 0. The van der Waals surface area contributed by atoms with Gasteiger partial charge in [-0.25, -0.2) is 4.79 Å². The molecule has 1 saturated carbocycles. The highest BCUT2D eigenvalue weighted by Gasteiger charge is 2.72. The zero-order valence-corrected chi connectivity index (χ0v) is 19.1. The van der Waals surface area contributed by atoms with Gasteiger partial charge in [-0.1, -0.05) is 18.6 Å². The lowest BCUT2D eigenvalue weighted by Crippen LogP contribution is -2.59. The van der Waals surface area contributed by atoms with E-state index in [1.54, 1.807) is 7.11 Å². The number of ether oxygens (including phenoxy) is 4. The molecule has 4 rings (SSSR count). The predicted molar refractivity (Wildman–Crippen MR) is 113 cm³/mol. The molecule has 170 valence electrons. The minimum atomic E-state index is -0.307. The van der Waals surface area contributed by atoms with Gasteiger partial charge in [-0.2, -0.15) is 0 Å².